The molecular weight excluding hydrogens is 459 g/mol. The molecule has 0 radical (unpaired) electrons. The van der Waals surface area contributed by atoms with Crippen molar-refractivity contribution < 1.29 is 79.7 Å². The Kier molecular flexibility index (Phi) is 8.54. The highest BCUT2D eigenvalue weighted by Gasteiger charge is 2.77. The summed E-state index contributed by atoms with van der Waals surface area (Å²) in [6, 6.07) is 0. The van der Waals surface area contributed by atoms with Gasteiger partial charge in [-0.05, 0) is 0 Å². The SMILES string of the molecule is F.FC(F)C(F)(F)C(F)(F)C(F)(F)COCC(F)(F)C(F)(F)C(F)(F)C(F)F. The Morgan fingerprint density at radius 2 is 0.714 bits per heavy atom. The van der Waals surface area contributed by atoms with Crippen LogP contribution in [-0.2, 0) is 4.74 Å². The molecule has 0 aromatic heterocycles. The lowest BCUT2D eigenvalue weighted by atomic mass is 10.0. The molecule has 0 rings (SSSR count). The molecule has 0 aromatic carbocycles. The summed E-state index contributed by atoms with van der Waals surface area (Å²) in [5, 5.41) is 0. The molecule has 0 amide bonds. The predicted molar refractivity (Wildman–Crippen MR) is 55.0 cm³/mol. The van der Waals surface area contributed by atoms with E-state index in [0.717, 1.165) is 0 Å². The Morgan fingerprint density at radius 3 is 0.893 bits per heavy atom. The molecule has 1 nitrogen and oxygen atoms in total. The topological polar surface area (TPSA) is 9.23 Å². The van der Waals surface area contributed by atoms with Crippen molar-refractivity contribution in [1.29, 1.82) is 0 Å². The van der Waals surface area contributed by atoms with Crippen LogP contribution in [0, 0.1) is 0 Å². The van der Waals surface area contributed by atoms with E-state index in [1.807, 2.05) is 0 Å². The van der Waals surface area contributed by atoms with E-state index in [0.29, 0.717) is 0 Å². The van der Waals surface area contributed by atoms with Crippen LogP contribution in [-0.4, -0.2) is 61.6 Å². The number of alkyl halides is 16. The maximum absolute atomic E-state index is 12.9. The normalized spacial score (nSPS) is 15.2. The average Bonchev–Trinajstić information content (AvgIpc) is 2.45. The Hall–Kier alpha value is -1.23. The summed E-state index contributed by atoms with van der Waals surface area (Å²) in [6.45, 7) is -6.68. The molecule has 0 N–H and O–H groups in total. The van der Waals surface area contributed by atoms with Crippen LogP contribution in [0.4, 0.5) is 75.0 Å². The molecule has 0 aliphatic heterocycles. The maximum Gasteiger partial charge on any atom is 0.380 e. The van der Waals surface area contributed by atoms with Crippen molar-refractivity contribution in [2.75, 3.05) is 13.2 Å². The third-order valence-electron chi connectivity index (χ3n) is 2.87. The lowest BCUT2D eigenvalue weighted by Crippen LogP contribution is -2.61. The van der Waals surface area contributed by atoms with Crippen LogP contribution in [0.2, 0.25) is 0 Å². The van der Waals surface area contributed by atoms with Gasteiger partial charge in [-0.1, -0.05) is 0 Å². The molecule has 18 heteroatoms. The van der Waals surface area contributed by atoms with E-state index in [9.17, 15) is 70.2 Å². The summed E-state index contributed by atoms with van der Waals surface area (Å²) >= 11 is 0. The van der Waals surface area contributed by atoms with Crippen molar-refractivity contribution in [3.05, 3.63) is 0 Å². The molecule has 0 heterocycles. The van der Waals surface area contributed by atoms with Gasteiger partial charge in [-0.2, -0.15) is 52.7 Å². The first-order valence-electron chi connectivity index (χ1n) is 6.00. The van der Waals surface area contributed by atoms with Gasteiger partial charge in [0.15, 0.2) is 0 Å². The minimum atomic E-state index is -6.95. The van der Waals surface area contributed by atoms with Gasteiger partial charge in [0.2, 0.25) is 0 Å². The molecule has 0 aliphatic carbocycles. The van der Waals surface area contributed by atoms with E-state index in [-0.39, 0.29) is 4.70 Å². The molecule has 0 bridgehead atoms. The molecule has 172 valence electrons. The van der Waals surface area contributed by atoms with Crippen LogP contribution in [0.5, 0.6) is 0 Å². The molecule has 28 heavy (non-hydrogen) atoms. The van der Waals surface area contributed by atoms with Gasteiger partial charge in [0.25, 0.3) is 0 Å². The molecule has 0 atom stereocenters. The van der Waals surface area contributed by atoms with Crippen LogP contribution in [0.15, 0.2) is 0 Å². The summed E-state index contributed by atoms with van der Waals surface area (Å²) in [5.74, 6) is -40.1. The van der Waals surface area contributed by atoms with Crippen molar-refractivity contribution in [3.63, 3.8) is 0 Å². The van der Waals surface area contributed by atoms with Crippen molar-refractivity contribution in [2.45, 2.75) is 48.4 Å². The van der Waals surface area contributed by atoms with Gasteiger partial charge < -0.3 is 4.74 Å². The summed E-state index contributed by atoms with van der Waals surface area (Å²) in [5.41, 5.74) is 0. The Balaban J connectivity index is 0. The Morgan fingerprint density at radius 1 is 0.500 bits per heavy atom. The first kappa shape index (κ1) is 29.0. The smallest absolute Gasteiger partial charge is 0.368 e. The van der Waals surface area contributed by atoms with Crippen LogP contribution < -0.4 is 0 Å². The quantitative estimate of drug-likeness (QED) is 0.387. The van der Waals surface area contributed by atoms with Crippen LogP contribution >= 0.6 is 0 Å². The molecule has 0 saturated heterocycles. The lowest BCUT2D eigenvalue weighted by Gasteiger charge is -2.34. The van der Waals surface area contributed by atoms with Crippen LogP contribution in [0.1, 0.15) is 0 Å². The number of hydrogen-bond acceptors (Lipinski definition) is 1. The summed E-state index contributed by atoms with van der Waals surface area (Å²) in [6.07, 6.45) is -10.8. The lowest BCUT2D eigenvalue weighted by molar-refractivity contribution is -0.360. The van der Waals surface area contributed by atoms with Gasteiger partial charge in [-0.25, -0.2) is 17.6 Å². The second-order valence-electron chi connectivity index (χ2n) is 4.90. The first-order chi connectivity index (χ1) is 11.6. The number of hydrogen-bond donors (Lipinski definition) is 0. The van der Waals surface area contributed by atoms with E-state index in [1.165, 1.54) is 0 Å². The molecule has 0 fully saturated rings. The number of rotatable bonds is 10. The highest BCUT2D eigenvalue weighted by Crippen LogP contribution is 2.50. The third-order valence-corrected chi connectivity index (χ3v) is 2.87. The van der Waals surface area contributed by atoms with Crippen molar-refractivity contribution in [2.24, 2.45) is 0 Å². The highest BCUT2D eigenvalue weighted by atomic mass is 19.4. The molecule has 0 aromatic rings. The second kappa shape index (κ2) is 8.25. The summed E-state index contributed by atoms with van der Waals surface area (Å²) in [7, 11) is 0. The molecular formula is C10H7F17O. The van der Waals surface area contributed by atoms with Crippen molar-refractivity contribution in [3.8, 4) is 0 Å². The Labute approximate surface area is 143 Å². The fraction of sp³-hybridized carbons (Fsp3) is 1.00. The minimum absolute atomic E-state index is 0. The minimum Gasteiger partial charge on any atom is -0.368 e. The zero-order valence-electron chi connectivity index (χ0n) is 12.4. The van der Waals surface area contributed by atoms with Gasteiger partial charge >= 0.3 is 48.4 Å². The fourth-order valence-corrected chi connectivity index (χ4v) is 1.25. The van der Waals surface area contributed by atoms with Crippen LogP contribution in [0.3, 0.4) is 0 Å². The van der Waals surface area contributed by atoms with E-state index >= 15 is 0 Å². The van der Waals surface area contributed by atoms with Gasteiger partial charge in [0, 0.05) is 0 Å². The van der Waals surface area contributed by atoms with Crippen molar-refractivity contribution >= 4 is 0 Å². The summed E-state index contributed by atoms with van der Waals surface area (Å²) in [4.78, 5) is 0. The zero-order chi connectivity index (χ0) is 22.3. The standard InChI is InChI=1S/C10H6F16O.FH/c11-3(12)7(19,20)9(23,24)5(15,16)1-27-2-6(17,18)10(25,26)8(21,22)4(13)14;/h3-4H,1-2H2;1H. The van der Waals surface area contributed by atoms with Crippen molar-refractivity contribution in [1.82, 2.24) is 0 Å². The number of halogens is 17. The van der Waals surface area contributed by atoms with Crippen LogP contribution in [0.25, 0.3) is 0 Å². The monoisotopic (exact) mass is 466 g/mol. The van der Waals surface area contributed by atoms with E-state index in [4.69, 9.17) is 0 Å². The molecule has 0 spiro atoms. The van der Waals surface area contributed by atoms with E-state index in [2.05, 4.69) is 4.74 Å². The number of ether oxygens (including phenoxy) is 1. The van der Waals surface area contributed by atoms with Gasteiger partial charge in [-0.15, -0.1) is 0 Å². The average molecular weight is 466 g/mol. The highest BCUT2D eigenvalue weighted by molar-refractivity contribution is 5.00. The van der Waals surface area contributed by atoms with E-state index < -0.39 is 61.6 Å². The first-order valence-corrected chi connectivity index (χ1v) is 6.00. The molecule has 0 saturated carbocycles. The van der Waals surface area contributed by atoms with Gasteiger partial charge in [0.05, 0.1) is 0 Å². The van der Waals surface area contributed by atoms with Gasteiger partial charge in [0.1, 0.15) is 13.2 Å². The largest absolute Gasteiger partial charge is 0.380 e. The Bertz CT molecular complexity index is 454. The molecule has 0 aliphatic rings. The fourth-order valence-electron chi connectivity index (χ4n) is 1.25. The summed E-state index contributed by atoms with van der Waals surface area (Å²) < 4.78 is 202. The molecule has 0 unspecified atom stereocenters. The zero-order valence-corrected chi connectivity index (χ0v) is 12.4. The predicted octanol–water partition coefficient (Wildman–Crippen LogP) is 5.50. The second-order valence-corrected chi connectivity index (χ2v) is 4.90. The maximum atomic E-state index is 12.9. The van der Waals surface area contributed by atoms with E-state index in [1.54, 1.807) is 0 Å². The third kappa shape index (κ3) is 4.67. The van der Waals surface area contributed by atoms with Gasteiger partial charge in [-0.3, -0.25) is 4.70 Å².